The maximum Gasteiger partial charge on any atom is 0.251 e. The largest absolute Gasteiger partial charge is 0.352 e. The second-order valence-corrected chi connectivity index (χ2v) is 6.62. The van der Waals surface area contributed by atoms with Gasteiger partial charge in [0.25, 0.3) is 5.91 Å². The van der Waals surface area contributed by atoms with E-state index in [2.05, 4.69) is 48.2 Å². The number of aromatic nitrogens is 2. The average Bonchev–Trinajstić information content (AvgIpc) is 2.97. The summed E-state index contributed by atoms with van der Waals surface area (Å²) in [6.45, 7) is 7.07. The second kappa shape index (κ2) is 6.87. The number of hydrogen-bond donors (Lipinski definition) is 2. The summed E-state index contributed by atoms with van der Waals surface area (Å²) in [6.07, 6.45) is 0.988. The molecule has 3 aromatic rings. The van der Waals surface area contributed by atoms with E-state index in [1.54, 1.807) is 0 Å². The highest BCUT2D eigenvalue weighted by molar-refractivity contribution is 5.94. The molecule has 0 aliphatic heterocycles. The molecule has 0 radical (unpaired) electrons. The first kappa shape index (κ1) is 16.2. The van der Waals surface area contributed by atoms with Gasteiger partial charge in [-0.15, -0.1) is 0 Å². The van der Waals surface area contributed by atoms with Gasteiger partial charge in [0.1, 0.15) is 5.82 Å². The number of benzene rings is 2. The van der Waals surface area contributed by atoms with Crippen molar-refractivity contribution in [2.75, 3.05) is 6.54 Å². The molecule has 2 N–H and O–H groups in total. The number of hydrogen-bond acceptors (Lipinski definition) is 2. The van der Waals surface area contributed by atoms with E-state index in [1.807, 2.05) is 30.3 Å². The summed E-state index contributed by atoms with van der Waals surface area (Å²) in [6, 6.07) is 13.7. The first-order valence-corrected chi connectivity index (χ1v) is 8.38. The first-order chi connectivity index (χ1) is 11.5. The van der Waals surface area contributed by atoms with Gasteiger partial charge in [0.05, 0.1) is 11.0 Å². The van der Waals surface area contributed by atoms with E-state index in [0.29, 0.717) is 18.0 Å². The Bertz CT molecular complexity index is 847. The summed E-state index contributed by atoms with van der Waals surface area (Å²) >= 11 is 0. The fourth-order valence-corrected chi connectivity index (χ4v) is 2.62. The van der Waals surface area contributed by atoms with Crippen LogP contribution in [0.2, 0.25) is 0 Å². The van der Waals surface area contributed by atoms with E-state index in [9.17, 15) is 4.79 Å². The van der Waals surface area contributed by atoms with Gasteiger partial charge in [0.15, 0.2) is 0 Å². The normalized spacial score (nSPS) is 11.2. The molecule has 0 unspecified atom stereocenters. The van der Waals surface area contributed by atoms with Gasteiger partial charge < -0.3 is 10.3 Å². The molecular weight excluding hydrogens is 298 g/mol. The lowest BCUT2D eigenvalue weighted by Crippen LogP contribution is -2.25. The Balaban J connectivity index is 1.74. The van der Waals surface area contributed by atoms with Crippen molar-refractivity contribution in [2.45, 2.75) is 27.2 Å². The number of fused-ring (bicyclic) bond motifs is 1. The summed E-state index contributed by atoms with van der Waals surface area (Å²) in [5.41, 5.74) is 4.83. The standard InChI is InChI=1S/C20H23N3O/c1-13(2)10-11-21-20(24)16-7-5-15(6-8-16)19-22-17-9-4-14(3)12-18(17)23-19/h4-9,12-13H,10-11H2,1-3H3,(H,21,24)(H,22,23). The topological polar surface area (TPSA) is 57.8 Å². The fraction of sp³-hybridized carbons (Fsp3) is 0.300. The van der Waals surface area contributed by atoms with Crippen molar-refractivity contribution < 1.29 is 4.79 Å². The molecule has 3 rings (SSSR count). The molecule has 124 valence electrons. The lowest BCUT2D eigenvalue weighted by atomic mass is 10.1. The van der Waals surface area contributed by atoms with Crippen LogP contribution in [0.25, 0.3) is 22.4 Å². The third kappa shape index (κ3) is 3.65. The molecule has 1 amide bonds. The summed E-state index contributed by atoms with van der Waals surface area (Å²) < 4.78 is 0. The Labute approximate surface area is 142 Å². The lowest BCUT2D eigenvalue weighted by Gasteiger charge is -2.07. The van der Waals surface area contributed by atoms with Crippen molar-refractivity contribution in [2.24, 2.45) is 5.92 Å². The molecule has 0 aliphatic rings. The third-order valence-corrected chi connectivity index (χ3v) is 4.07. The highest BCUT2D eigenvalue weighted by Crippen LogP contribution is 2.21. The van der Waals surface area contributed by atoms with Crippen molar-refractivity contribution >= 4 is 16.9 Å². The van der Waals surface area contributed by atoms with Crippen LogP contribution >= 0.6 is 0 Å². The second-order valence-electron chi connectivity index (χ2n) is 6.62. The van der Waals surface area contributed by atoms with Crippen molar-refractivity contribution in [1.82, 2.24) is 15.3 Å². The van der Waals surface area contributed by atoms with Crippen LogP contribution in [0.4, 0.5) is 0 Å². The van der Waals surface area contributed by atoms with Gasteiger partial charge in [-0.25, -0.2) is 4.98 Å². The zero-order valence-corrected chi connectivity index (χ0v) is 14.4. The number of aromatic amines is 1. The van der Waals surface area contributed by atoms with Crippen molar-refractivity contribution in [3.05, 3.63) is 53.6 Å². The Hall–Kier alpha value is -2.62. The van der Waals surface area contributed by atoms with Crippen LogP contribution in [-0.2, 0) is 0 Å². The molecule has 0 saturated carbocycles. The molecular formula is C20H23N3O. The number of imidazole rings is 1. The Morgan fingerprint density at radius 1 is 1.17 bits per heavy atom. The molecule has 0 fully saturated rings. The van der Waals surface area contributed by atoms with Crippen molar-refractivity contribution in [3.63, 3.8) is 0 Å². The van der Waals surface area contributed by atoms with Crippen LogP contribution in [-0.4, -0.2) is 22.4 Å². The number of amides is 1. The molecule has 24 heavy (non-hydrogen) atoms. The van der Waals surface area contributed by atoms with Crippen molar-refractivity contribution in [1.29, 1.82) is 0 Å². The maximum absolute atomic E-state index is 12.1. The van der Waals surface area contributed by atoms with Gasteiger partial charge in [0, 0.05) is 17.7 Å². The molecule has 0 atom stereocenters. The van der Waals surface area contributed by atoms with Crippen molar-refractivity contribution in [3.8, 4) is 11.4 Å². The summed E-state index contributed by atoms with van der Waals surface area (Å²) in [5, 5.41) is 2.95. The number of rotatable bonds is 5. The van der Waals surface area contributed by atoms with E-state index >= 15 is 0 Å². The number of nitrogens with zero attached hydrogens (tertiary/aromatic N) is 1. The summed E-state index contributed by atoms with van der Waals surface area (Å²) in [4.78, 5) is 20.1. The molecule has 1 heterocycles. The highest BCUT2D eigenvalue weighted by Gasteiger charge is 2.08. The minimum atomic E-state index is -0.0255. The van der Waals surface area contributed by atoms with Crippen LogP contribution in [0.1, 0.15) is 36.2 Å². The Kier molecular flexibility index (Phi) is 4.65. The molecule has 1 aromatic heterocycles. The molecule has 0 bridgehead atoms. The molecule has 0 spiro atoms. The van der Waals surface area contributed by atoms with E-state index < -0.39 is 0 Å². The van der Waals surface area contributed by atoms with Gasteiger partial charge in [-0.2, -0.15) is 0 Å². The summed E-state index contributed by atoms with van der Waals surface area (Å²) in [7, 11) is 0. The molecule has 4 heteroatoms. The number of carbonyl (C=O) groups is 1. The van der Waals surface area contributed by atoms with Gasteiger partial charge in [-0.05, 0) is 49.1 Å². The van der Waals surface area contributed by atoms with E-state index in [1.165, 1.54) is 5.56 Å². The number of nitrogens with one attached hydrogen (secondary N) is 2. The van der Waals surface area contributed by atoms with E-state index in [4.69, 9.17) is 0 Å². The minimum absolute atomic E-state index is 0.0255. The van der Waals surface area contributed by atoms with Crippen LogP contribution in [0, 0.1) is 12.8 Å². The quantitative estimate of drug-likeness (QED) is 0.735. The van der Waals surface area contributed by atoms with E-state index in [0.717, 1.165) is 28.8 Å². The first-order valence-electron chi connectivity index (χ1n) is 8.38. The minimum Gasteiger partial charge on any atom is -0.352 e. The third-order valence-electron chi connectivity index (χ3n) is 4.07. The molecule has 2 aromatic carbocycles. The number of aryl methyl sites for hydroxylation is 1. The zero-order valence-electron chi connectivity index (χ0n) is 14.4. The highest BCUT2D eigenvalue weighted by atomic mass is 16.1. The SMILES string of the molecule is Cc1ccc2nc(-c3ccc(C(=O)NCCC(C)C)cc3)[nH]c2c1. The van der Waals surface area contributed by atoms with Crippen LogP contribution in [0.3, 0.4) is 0 Å². The maximum atomic E-state index is 12.1. The molecule has 0 saturated heterocycles. The smallest absolute Gasteiger partial charge is 0.251 e. The summed E-state index contributed by atoms with van der Waals surface area (Å²) in [5.74, 6) is 1.38. The van der Waals surface area contributed by atoms with Crippen LogP contribution in [0.15, 0.2) is 42.5 Å². The predicted octanol–water partition coefficient (Wildman–Crippen LogP) is 4.31. The van der Waals surface area contributed by atoms with Gasteiger partial charge in [-0.1, -0.05) is 32.0 Å². The average molecular weight is 321 g/mol. The Morgan fingerprint density at radius 2 is 1.92 bits per heavy atom. The monoisotopic (exact) mass is 321 g/mol. The number of carbonyl (C=O) groups excluding carboxylic acids is 1. The number of H-pyrrole nitrogens is 1. The molecule has 0 aliphatic carbocycles. The lowest BCUT2D eigenvalue weighted by molar-refractivity contribution is 0.0952. The van der Waals surface area contributed by atoms with Crippen LogP contribution < -0.4 is 5.32 Å². The molecule has 4 nitrogen and oxygen atoms in total. The predicted molar refractivity (Wildman–Crippen MR) is 98.1 cm³/mol. The van der Waals surface area contributed by atoms with Gasteiger partial charge >= 0.3 is 0 Å². The zero-order chi connectivity index (χ0) is 17.1. The fourth-order valence-electron chi connectivity index (χ4n) is 2.62. The van der Waals surface area contributed by atoms with Gasteiger partial charge in [0.2, 0.25) is 0 Å². The van der Waals surface area contributed by atoms with Gasteiger partial charge in [-0.3, -0.25) is 4.79 Å². The van der Waals surface area contributed by atoms with Crippen LogP contribution in [0.5, 0.6) is 0 Å². The Morgan fingerprint density at radius 3 is 2.62 bits per heavy atom. The van der Waals surface area contributed by atoms with E-state index in [-0.39, 0.29) is 5.91 Å².